The first kappa shape index (κ1) is 25.0. The van der Waals surface area contributed by atoms with Gasteiger partial charge in [0.25, 0.3) is 0 Å². The van der Waals surface area contributed by atoms with E-state index < -0.39 is 38.3 Å². The van der Waals surface area contributed by atoms with Crippen molar-refractivity contribution in [3.05, 3.63) is 12.2 Å². The molecule has 6 atom stereocenters. The molecule has 4 rings (SSSR count). The average Bonchev–Trinajstić information content (AvgIpc) is 3.33. The van der Waals surface area contributed by atoms with Gasteiger partial charge in [0.05, 0.1) is 38.7 Å². The van der Waals surface area contributed by atoms with Crippen molar-refractivity contribution < 1.29 is 42.2 Å². The zero-order valence-corrected chi connectivity index (χ0v) is 20.5. The molecule has 0 unspecified atom stereocenters. The molecule has 0 bridgehead atoms. The number of aromatic nitrogens is 4. The van der Waals surface area contributed by atoms with E-state index in [2.05, 4.69) is 15.0 Å². The number of hydrogen-bond acceptors (Lipinski definition) is 12. The second kappa shape index (κ2) is 9.84. The number of phosphoric acid groups is 1. The summed E-state index contributed by atoms with van der Waals surface area (Å²) in [5.41, 5.74) is 0.824. The van der Waals surface area contributed by atoms with E-state index in [1.807, 2.05) is 0 Å². The number of imidazole rings is 1. The largest absolute Gasteiger partial charge is 0.479 e. The molecule has 0 spiro atoms. The summed E-state index contributed by atoms with van der Waals surface area (Å²) in [6.45, 7) is 6.77. The Morgan fingerprint density at radius 1 is 1.35 bits per heavy atom. The van der Waals surface area contributed by atoms with Gasteiger partial charge in [-0.15, -0.1) is 0 Å². The number of aryl methyl sites for hydroxylation is 1. The maximum absolute atomic E-state index is 13.0. The second-order valence-corrected chi connectivity index (χ2v) is 10.1. The van der Waals surface area contributed by atoms with Crippen molar-refractivity contribution in [2.24, 2.45) is 5.92 Å². The van der Waals surface area contributed by atoms with Crippen molar-refractivity contribution in [2.75, 3.05) is 20.3 Å². The van der Waals surface area contributed by atoms with Crippen LogP contribution in [0.5, 0.6) is 5.88 Å². The fourth-order valence-corrected chi connectivity index (χ4v) is 5.17. The van der Waals surface area contributed by atoms with Gasteiger partial charge in [-0.2, -0.15) is 4.98 Å². The van der Waals surface area contributed by atoms with Gasteiger partial charge in [0.1, 0.15) is 24.1 Å². The Morgan fingerprint density at radius 3 is 2.82 bits per heavy atom. The molecule has 14 heteroatoms. The van der Waals surface area contributed by atoms with Crippen LogP contribution in [0, 0.1) is 12.8 Å². The van der Waals surface area contributed by atoms with Crippen LogP contribution in [-0.4, -0.2) is 75.3 Å². The van der Waals surface area contributed by atoms with E-state index >= 15 is 0 Å². The van der Waals surface area contributed by atoms with Crippen molar-refractivity contribution in [3.63, 3.8) is 0 Å². The summed E-state index contributed by atoms with van der Waals surface area (Å²) in [6, 6.07) is 0. The summed E-state index contributed by atoms with van der Waals surface area (Å²) in [7, 11) is -2.49. The molecule has 34 heavy (non-hydrogen) atoms. The number of phosphoric ester groups is 1. The lowest BCUT2D eigenvalue weighted by Crippen LogP contribution is -2.39. The highest BCUT2D eigenvalue weighted by Crippen LogP contribution is 2.56. The molecule has 0 aliphatic carbocycles. The number of aliphatic hydroxyl groups excluding tert-OH is 1. The lowest BCUT2D eigenvalue weighted by atomic mass is 10.1. The molecule has 2 aliphatic heterocycles. The van der Waals surface area contributed by atoms with Crippen molar-refractivity contribution in [2.45, 2.75) is 64.8 Å². The monoisotopic (exact) mass is 500 g/mol. The molecule has 0 aromatic carbocycles. The molecule has 2 fully saturated rings. The molecule has 4 heterocycles. The molecule has 2 aliphatic rings. The molecule has 0 amide bonds. The quantitative estimate of drug-likeness (QED) is 0.416. The van der Waals surface area contributed by atoms with Gasteiger partial charge >= 0.3 is 13.8 Å². The normalized spacial score (nSPS) is 29.9. The van der Waals surface area contributed by atoms with Crippen molar-refractivity contribution in [1.29, 1.82) is 0 Å². The Hall–Kier alpha value is -2.15. The number of fused-ring (bicyclic) bond motifs is 2. The third-order valence-electron chi connectivity index (χ3n) is 5.48. The first-order chi connectivity index (χ1) is 16.1. The van der Waals surface area contributed by atoms with Gasteiger partial charge in [0.15, 0.2) is 17.4 Å². The summed E-state index contributed by atoms with van der Waals surface area (Å²) in [5.74, 6) is -0.0588. The SMILES string of the molecule is COc1nc(C)nc2c1ncn2[C@@H]1O[C@@H]2CO[P@](=O)(OCC[C@@H](C)C(=O)OC(C)C)O[C@H]2[C@@H]1O. The fraction of sp³-hybridized carbons (Fsp3) is 0.700. The average molecular weight is 500 g/mol. The molecule has 2 saturated heterocycles. The van der Waals surface area contributed by atoms with E-state index in [0.717, 1.165) is 0 Å². The van der Waals surface area contributed by atoms with Crippen LogP contribution in [0.2, 0.25) is 0 Å². The van der Waals surface area contributed by atoms with E-state index in [0.29, 0.717) is 22.9 Å². The first-order valence-corrected chi connectivity index (χ1v) is 12.4. The van der Waals surface area contributed by atoms with Gasteiger partial charge in [0, 0.05) is 0 Å². The van der Waals surface area contributed by atoms with Crippen LogP contribution < -0.4 is 4.74 Å². The number of nitrogens with zero attached hydrogens (tertiary/aromatic N) is 4. The predicted molar refractivity (Wildman–Crippen MR) is 116 cm³/mol. The van der Waals surface area contributed by atoms with Crippen molar-refractivity contribution in [1.82, 2.24) is 19.5 Å². The van der Waals surface area contributed by atoms with Crippen LogP contribution in [0.25, 0.3) is 11.2 Å². The third kappa shape index (κ3) is 4.95. The Morgan fingerprint density at radius 2 is 2.12 bits per heavy atom. The number of rotatable bonds is 8. The van der Waals surface area contributed by atoms with Crippen molar-refractivity contribution in [3.8, 4) is 5.88 Å². The molecule has 188 valence electrons. The van der Waals surface area contributed by atoms with Gasteiger partial charge in [-0.05, 0) is 27.2 Å². The zero-order valence-electron chi connectivity index (χ0n) is 19.6. The van der Waals surface area contributed by atoms with E-state index in [1.165, 1.54) is 13.4 Å². The lowest BCUT2D eigenvalue weighted by Gasteiger charge is -2.30. The van der Waals surface area contributed by atoms with Crippen LogP contribution in [0.15, 0.2) is 6.33 Å². The van der Waals surface area contributed by atoms with Crippen LogP contribution in [0.3, 0.4) is 0 Å². The molecule has 13 nitrogen and oxygen atoms in total. The minimum Gasteiger partial charge on any atom is -0.479 e. The topological polar surface area (TPSA) is 153 Å². The third-order valence-corrected chi connectivity index (χ3v) is 6.95. The smallest absolute Gasteiger partial charge is 0.475 e. The summed E-state index contributed by atoms with van der Waals surface area (Å²) in [6.07, 6.45) is -2.27. The summed E-state index contributed by atoms with van der Waals surface area (Å²) in [4.78, 5) is 24.8. The highest BCUT2D eigenvalue weighted by Gasteiger charge is 2.53. The van der Waals surface area contributed by atoms with Crippen molar-refractivity contribution >= 4 is 25.0 Å². The minimum absolute atomic E-state index is 0.0500. The van der Waals surface area contributed by atoms with E-state index in [4.69, 9.17) is 27.8 Å². The predicted octanol–water partition coefficient (Wildman–Crippen LogP) is 1.92. The van der Waals surface area contributed by atoms with E-state index in [1.54, 1.807) is 32.3 Å². The summed E-state index contributed by atoms with van der Waals surface area (Å²) >= 11 is 0. The van der Waals surface area contributed by atoms with Crippen LogP contribution in [-0.2, 0) is 32.4 Å². The van der Waals surface area contributed by atoms with E-state index in [9.17, 15) is 14.5 Å². The maximum Gasteiger partial charge on any atom is 0.475 e. The molecule has 2 aromatic heterocycles. The van der Waals surface area contributed by atoms with E-state index in [-0.39, 0.29) is 31.7 Å². The maximum atomic E-state index is 13.0. The molecule has 0 radical (unpaired) electrons. The zero-order chi connectivity index (χ0) is 24.6. The Labute approximate surface area is 196 Å². The number of hydrogen-bond donors (Lipinski definition) is 1. The molecular weight excluding hydrogens is 471 g/mol. The standard InChI is InChI=1S/C20H29N4O9P/c1-10(2)31-20(26)11(3)6-7-29-34(27)30-8-13-16(33-34)15(25)19(32-13)24-9-21-14-17(24)22-12(4)23-18(14)28-5/h9-11,13,15-16,19,25H,6-8H2,1-5H3/t11-,13-,15+,16-,19-,34+/m1/s1. The second-order valence-electron chi connectivity index (χ2n) is 8.48. The molecule has 1 N–H and O–H groups in total. The summed E-state index contributed by atoms with van der Waals surface area (Å²) < 4.78 is 47.1. The summed E-state index contributed by atoms with van der Waals surface area (Å²) in [5, 5.41) is 10.9. The highest BCUT2D eigenvalue weighted by atomic mass is 31.2. The van der Waals surface area contributed by atoms with Gasteiger partial charge in [0.2, 0.25) is 5.88 Å². The number of ether oxygens (including phenoxy) is 3. The number of aliphatic hydroxyl groups is 1. The Bertz CT molecular complexity index is 1090. The molecule has 0 saturated carbocycles. The highest BCUT2D eigenvalue weighted by molar-refractivity contribution is 7.48. The number of esters is 1. The van der Waals surface area contributed by atoms with Crippen LogP contribution >= 0.6 is 7.82 Å². The number of carbonyl (C=O) groups excluding carboxylic acids is 1. The Balaban J connectivity index is 1.42. The minimum atomic E-state index is -3.97. The van der Waals surface area contributed by atoms with Gasteiger partial charge in [-0.3, -0.25) is 22.9 Å². The van der Waals surface area contributed by atoms with Gasteiger partial charge < -0.3 is 19.3 Å². The number of carbonyl (C=O) groups is 1. The van der Waals surface area contributed by atoms with Crippen LogP contribution in [0.4, 0.5) is 0 Å². The molecule has 2 aromatic rings. The van der Waals surface area contributed by atoms with Gasteiger partial charge in [-0.1, -0.05) is 6.92 Å². The van der Waals surface area contributed by atoms with Gasteiger partial charge in [-0.25, -0.2) is 14.5 Å². The Kier molecular flexibility index (Phi) is 7.22. The molecular formula is C20H29N4O9P. The fourth-order valence-electron chi connectivity index (χ4n) is 3.76. The number of methoxy groups -OCH3 is 1. The van der Waals surface area contributed by atoms with Crippen LogP contribution in [0.1, 0.15) is 39.2 Å². The lowest BCUT2D eigenvalue weighted by molar-refractivity contribution is -0.152. The first-order valence-electron chi connectivity index (χ1n) is 11.0.